The summed E-state index contributed by atoms with van der Waals surface area (Å²) in [5.41, 5.74) is 1.58. The van der Waals surface area contributed by atoms with E-state index in [0.717, 1.165) is 24.3 Å². The normalized spacial score (nSPS) is 11.1. The van der Waals surface area contributed by atoms with Gasteiger partial charge in [-0.2, -0.15) is 0 Å². The van der Waals surface area contributed by atoms with Gasteiger partial charge in [0.2, 0.25) is 0 Å². The van der Waals surface area contributed by atoms with Crippen LogP contribution in [-0.4, -0.2) is 26.0 Å². The van der Waals surface area contributed by atoms with Crippen LogP contribution in [0.3, 0.4) is 0 Å². The highest BCUT2D eigenvalue weighted by Gasteiger charge is 2.13. The lowest BCUT2D eigenvalue weighted by atomic mass is 10.1. The van der Waals surface area contributed by atoms with Crippen molar-refractivity contribution in [3.8, 4) is 5.75 Å². The summed E-state index contributed by atoms with van der Waals surface area (Å²) in [7, 11) is 1.57. The summed E-state index contributed by atoms with van der Waals surface area (Å²) in [6, 6.07) is 14.6. The number of para-hydroxylation sites is 1. The molecule has 0 spiro atoms. The molecule has 28 heavy (non-hydrogen) atoms. The van der Waals surface area contributed by atoms with Gasteiger partial charge in [-0.1, -0.05) is 18.2 Å². The zero-order chi connectivity index (χ0) is 20.1. The van der Waals surface area contributed by atoms with Crippen LogP contribution in [0.4, 0.5) is 5.69 Å². The Morgan fingerprint density at radius 1 is 1.11 bits per heavy atom. The monoisotopic (exact) mass is 377 g/mol. The average molecular weight is 377 g/mol. The zero-order valence-electron chi connectivity index (χ0n) is 16.3. The van der Waals surface area contributed by atoms with Crippen molar-refractivity contribution in [3.63, 3.8) is 0 Å². The number of carbonyl (C=O) groups excluding carboxylic acids is 1. The molecule has 1 heterocycles. The van der Waals surface area contributed by atoms with E-state index >= 15 is 0 Å². The molecule has 0 saturated carbocycles. The lowest BCUT2D eigenvalue weighted by molar-refractivity contribution is 0.104. The largest absolute Gasteiger partial charge is 0.496 e. The number of hydrogen-bond acceptors (Lipinski definition) is 5. The number of rotatable bonds is 7. The molecule has 2 aromatic carbocycles. The number of allylic oxidation sites excluding steroid dienone is 1. The highest BCUT2D eigenvalue weighted by molar-refractivity contribution is 6.08. The van der Waals surface area contributed by atoms with Gasteiger partial charge < -0.3 is 14.1 Å². The first-order valence-corrected chi connectivity index (χ1v) is 9.25. The van der Waals surface area contributed by atoms with Crippen molar-refractivity contribution in [2.24, 2.45) is 0 Å². The number of nitrogens with zero attached hydrogens (tertiary/aromatic N) is 1. The molecule has 0 amide bonds. The van der Waals surface area contributed by atoms with Crippen molar-refractivity contribution < 1.29 is 13.9 Å². The van der Waals surface area contributed by atoms with Gasteiger partial charge in [0.05, 0.1) is 7.11 Å². The molecular weight excluding hydrogens is 354 g/mol. The molecule has 144 valence electrons. The van der Waals surface area contributed by atoms with E-state index in [1.807, 2.05) is 42.5 Å². The minimum Gasteiger partial charge on any atom is -0.496 e. The van der Waals surface area contributed by atoms with Crippen LogP contribution in [0.15, 0.2) is 63.8 Å². The van der Waals surface area contributed by atoms with Gasteiger partial charge in [-0.05, 0) is 50.3 Å². The number of methoxy groups -OCH3 is 1. The maximum Gasteiger partial charge on any atom is 0.347 e. The van der Waals surface area contributed by atoms with E-state index in [1.165, 1.54) is 6.08 Å². The van der Waals surface area contributed by atoms with Crippen LogP contribution in [0.1, 0.15) is 29.8 Å². The topological polar surface area (TPSA) is 59.8 Å². The highest BCUT2D eigenvalue weighted by Crippen LogP contribution is 2.23. The van der Waals surface area contributed by atoms with E-state index in [-0.39, 0.29) is 5.56 Å². The van der Waals surface area contributed by atoms with Crippen LogP contribution in [-0.2, 0) is 0 Å². The standard InChI is InChI=1S/C23H23NO4/c1-4-24(5-2)18-12-10-17-14-19(23(26)28-22(17)15-18)20(25)13-11-16-8-6-7-9-21(16)27-3/h6-15H,4-5H2,1-3H3/b13-11+. The summed E-state index contributed by atoms with van der Waals surface area (Å²) in [6.45, 7) is 5.85. The van der Waals surface area contributed by atoms with Crippen molar-refractivity contribution in [1.29, 1.82) is 0 Å². The number of benzene rings is 2. The maximum atomic E-state index is 12.6. The number of ketones is 1. The van der Waals surface area contributed by atoms with Crippen molar-refractivity contribution in [2.75, 3.05) is 25.1 Å². The Kier molecular flexibility index (Phi) is 5.94. The Morgan fingerprint density at radius 2 is 1.86 bits per heavy atom. The van der Waals surface area contributed by atoms with Crippen molar-refractivity contribution >= 4 is 28.5 Å². The fraction of sp³-hybridized carbons (Fsp3) is 0.217. The van der Waals surface area contributed by atoms with Gasteiger partial charge in [0, 0.05) is 35.8 Å². The van der Waals surface area contributed by atoms with Crippen LogP contribution in [0.2, 0.25) is 0 Å². The molecule has 5 heteroatoms. The lowest BCUT2D eigenvalue weighted by Crippen LogP contribution is -2.21. The molecule has 0 atom stereocenters. The predicted octanol–water partition coefficient (Wildman–Crippen LogP) is 4.54. The summed E-state index contributed by atoms with van der Waals surface area (Å²) in [4.78, 5) is 27.1. The lowest BCUT2D eigenvalue weighted by Gasteiger charge is -2.20. The first kappa shape index (κ1) is 19.4. The second kappa shape index (κ2) is 8.57. The molecule has 0 bridgehead atoms. The van der Waals surface area contributed by atoms with E-state index in [9.17, 15) is 9.59 Å². The molecule has 0 radical (unpaired) electrons. The molecular formula is C23H23NO4. The maximum absolute atomic E-state index is 12.6. The van der Waals surface area contributed by atoms with Crippen LogP contribution in [0, 0.1) is 0 Å². The Bertz CT molecular complexity index is 1080. The third-order valence-corrected chi connectivity index (χ3v) is 4.67. The van der Waals surface area contributed by atoms with Gasteiger partial charge in [-0.15, -0.1) is 0 Å². The van der Waals surface area contributed by atoms with E-state index in [2.05, 4.69) is 18.7 Å². The van der Waals surface area contributed by atoms with Crippen LogP contribution in [0.25, 0.3) is 17.0 Å². The molecule has 0 saturated heterocycles. The third kappa shape index (κ3) is 3.98. The smallest absolute Gasteiger partial charge is 0.347 e. The van der Waals surface area contributed by atoms with Gasteiger partial charge in [-0.25, -0.2) is 4.79 Å². The molecule has 3 rings (SSSR count). The molecule has 0 aliphatic carbocycles. The number of hydrogen-bond donors (Lipinski definition) is 0. The Hall–Kier alpha value is -3.34. The van der Waals surface area contributed by atoms with Crippen LogP contribution < -0.4 is 15.3 Å². The Labute approximate surface area is 163 Å². The van der Waals surface area contributed by atoms with E-state index in [0.29, 0.717) is 16.7 Å². The van der Waals surface area contributed by atoms with Crippen LogP contribution in [0.5, 0.6) is 5.75 Å². The minimum absolute atomic E-state index is 0.00855. The van der Waals surface area contributed by atoms with Crippen molar-refractivity contribution in [2.45, 2.75) is 13.8 Å². The number of fused-ring (bicyclic) bond motifs is 1. The summed E-state index contributed by atoms with van der Waals surface area (Å²) in [6.07, 6.45) is 2.99. The van der Waals surface area contributed by atoms with Gasteiger partial charge in [0.25, 0.3) is 0 Å². The fourth-order valence-corrected chi connectivity index (χ4v) is 3.12. The van der Waals surface area contributed by atoms with Crippen LogP contribution >= 0.6 is 0 Å². The van der Waals surface area contributed by atoms with E-state index in [1.54, 1.807) is 19.3 Å². The number of anilines is 1. The highest BCUT2D eigenvalue weighted by atomic mass is 16.5. The molecule has 0 fully saturated rings. The van der Waals surface area contributed by atoms with E-state index < -0.39 is 11.4 Å². The first-order chi connectivity index (χ1) is 13.6. The predicted molar refractivity (Wildman–Crippen MR) is 112 cm³/mol. The second-order valence-electron chi connectivity index (χ2n) is 6.28. The van der Waals surface area contributed by atoms with E-state index in [4.69, 9.17) is 9.15 Å². The summed E-state index contributed by atoms with van der Waals surface area (Å²) >= 11 is 0. The molecule has 1 aromatic heterocycles. The second-order valence-corrected chi connectivity index (χ2v) is 6.28. The van der Waals surface area contributed by atoms with Gasteiger partial charge in [0.1, 0.15) is 16.9 Å². The first-order valence-electron chi connectivity index (χ1n) is 9.25. The molecule has 3 aromatic rings. The fourth-order valence-electron chi connectivity index (χ4n) is 3.12. The molecule has 0 N–H and O–H groups in total. The summed E-state index contributed by atoms with van der Waals surface area (Å²) in [5.74, 6) is 0.246. The van der Waals surface area contributed by atoms with Gasteiger partial charge in [0.15, 0.2) is 5.78 Å². The van der Waals surface area contributed by atoms with Crippen molar-refractivity contribution in [3.05, 3.63) is 76.2 Å². The molecule has 0 aliphatic rings. The zero-order valence-corrected chi connectivity index (χ0v) is 16.3. The molecule has 5 nitrogen and oxygen atoms in total. The third-order valence-electron chi connectivity index (χ3n) is 4.67. The minimum atomic E-state index is -0.640. The number of ether oxygens (including phenoxy) is 1. The molecule has 0 aliphatic heterocycles. The Morgan fingerprint density at radius 3 is 2.57 bits per heavy atom. The SMILES string of the molecule is CCN(CC)c1ccc2cc(C(=O)/C=C/c3ccccc3OC)c(=O)oc2c1. The summed E-state index contributed by atoms with van der Waals surface area (Å²) < 4.78 is 10.7. The van der Waals surface area contributed by atoms with Gasteiger partial charge in [-0.3, -0.25) is 4.79 Å². The number of carbonyl (C=O) groups is 1. The Balaban J connectivity index is 1.93. The quantitative estimate of drug-likeness (QED) is 0.344. The summed E-state index contributed by atoms with van der Waals surface area (Å²) in [5, 5.41) is 0.713. The van der Waals surface area contributed by atoms with Gasteiger partial charge >= 0.3 is 5.63 Å². The van der Waals surface area contributed by atoms with Crippen molar-refractivity contribution in [1.82, 2.24) is 0 Å². The average Bonchev–Trinajstić information content (AvgIpc) is 2.72. The molecule has 0 unspecified atom stereocenters.